The summed E-state index contributed by atoms with van der Waals surface area (Å²) < 4.78 is 101. The van der Waals surface area contributed by atoms with E-state index in [0.29, 0.717) is 28.6 Å². The summed E-state index contributed by atoms with van der Waals surface area (Å²) in [7, 11) is 2.47. The summed E-state index contributed by atoms with van der Waals surface area (Å²) in [6.07, 6.45) is -8.91. The summed E-state index contributed by atoms with van der Waals surface area (Å²) in [5.41, 5.74) is -5.01. The molecule has 43 heavy (non-hydrogen) atoms. The van der Waals surface area contributed by atoms with Gasteiger partial charge in [-0.3, -0.25) is 14.7 Å². The lowest BCUT2D eigenvalue weighted by molar-refractivity contribution is -0.143. The van der Waals surface area contributed by atoms with Crippen LogP contribution in [-0.2, 0) is 27.3 Å². The van der Waals surface area contributed by atoms with Gasteiger partial charge in [0, 0.05) is 25.1 Å². The van der Waals surface area contributed by atoms with Crippen LogP contribution in [0.5, 0.6) is 0 Å². The van der Waals surface area contributed by atoms with Gasteiger partial charge in [-0.25, -0.2) is 9.37 Å². The van der Waals surface area contributed by atoms with E-state index in [1.54, 1.807) is 6.92 Å². The van der Waals surface area contributed by atoms with Crippen molar-refractivity contribution in [1.29, 1.82) is 0 Å². The molecule has 0 atom stereocenters. The molecule has 0 bridgehead atoms. The van der Waals surface area contributed by atoms with Crippen molar-refractivity contribution in [3.63, 3.8) is 0 Å². The number of likely N-dealkylation sites (N-methyl/N-ethyl adjacent to an activating group) is 1. The topological polar surface area (TPSA) is 88.2 Å². The number of aromatic amines is 1. The first-order valence-electron chi connectivity index (χ1n) is 12.6. The van der Waals surface area contributed by atoms with Gasteiger partial charge in [0.05, 0.1) is 28.4 Å². The van der Waals surface area contributed by atoms with Crippen molar-refractivity contribution >= 4 is 28.4 Å². The molecule has 0 aliphatic carbocycles. The second-order valence-electron chi connectivity index (χ2n) is 10.4. The Labute approximate surface area is 240 Å². The van der Waals surface area contributed by atoms with Gasteiger partial charge < -0.3 is 9.64 Å². The Hall–Kier alpha value is -4.33. The number of fused-ring (bicyclic) bond motifs is 1. The molecule has 0 saturated carbocycles. The molecule has 1 amide bonds. The maximum atomic E-state index is 14.1. The van der Waals surface area contributed by atoms with Crippen LogP contribution < -0.4 is 4.90 Å². The van der Waals surface area contributed by atoms with Crippen LogP contribution in [0.3, 0.4) is 0 Å². The van der Waals surface area contributed by atoms with Crippen LogP contribution in [0.25, 0.3) is 22.2 Å². The van der Waals surface area contributed by atoms with Crippen molar-refractivity contribution in [2.24, 2.45) is 0 Å². The second-order valence-corrected chi connectivity index (χ2v) is 10.4. The third-order valence-corrected chi connectivity index (χ3v) is 7.05. The Balaban J connectivity index is 2.00. The monoisotopic (exact) mass is 610 g/mol. The minimum atomic E-state index is -5.13. The summed E-state index contributed by atoms with van der Waals surface area (Å²) in [6, 6.07) is 4.73. The number of rotatable bonds is 7. The van der Waals surface area contributed by atoms with E-state index >= 15 is 0 Å². The molecule has 14 heteroatoms. The Kier molecular flexibility index (Phi) is 8.13. The molecule has 1 N–H and O–H groups in total. The van der Waals surface area contributed by atoms with Gasteiger partial charge in [-0.2, -0.15) is 31.4 Å². The number of carbonyl (C=O) groups is 2. The number of H-pyrrole nitrogens is 1. The normalized spacial score (nSPS) is 12.6. The second kappa shape index (κ2) is 11.1. The number of alkyl halides is 6. The summed E-state index contributed by atoms with van der Waals surface area (Å²) in [5.74, 6) is -2.21. The third-order valence-electron chi connectivity index (χ3n) is 7.05. The minimum absolute atomic E-state index is 0.0263. The fourth-order valence-electron chi connectivity index (χ4n) is 4.82. The lowest BCUT2D eigenvalue weighted by Gasteiger charge is -2.33. The molecule has 0 unspecified atom stereocenters. The number of methoxy groups -OCH3 is 1. The molecule has 0 radical (unpaired) electrons. The molecule has 4 aromatic rings. The molecule has 0 fully saturated rings. The molecular weight excluding hydrogens is 585 g/mol. The fraction of sp³-hybridized carbons (Fsp3) is 0.310. The molecule has 0 spiro atoms. The van der Waals surface area contributed by atoms with E-state index in [-0.39, 0.29) is 28.7 Å². The molecular formula is C29H25F7N4O3. The zero-order chi connectivity index (χ0) is 32.1. The molecule has 4 rings (SSSR count). The highest BCUT2D eigenvalue weighted by atomic mass is 19.4. The zero-order valence-electron chi connectivity index (χ0n) is 23.5. The van der Waals surface area contributed by atoms with Crippen LogP contribution in [0.4, 0.5) is 36.4 Å². The van der Waals surface area contributed by atoms with Crippen molar-refractivity contribution in [2.45, 2.75) is 38.5 Å². The van der Waals surface area contributed by atoms with E-state index in [1.165, 1.54) is 46.3 Å². The predicted octanol–water partition coefficient (Wildman–Crippen LogP) is 6.88. The van der Waals surface area contributed by atoms with Crippen molar-refractivity contribution in [1.82, 2.24) is 15.2 Å². The van der Waals surface area contributed by atoms with Gasteiger partial charge >= 0.3 is 12.4 Å². The Morgan fingerprint density at radius 3 is 2.07 bits per heavy atom. The highest BCUT2D eigenvalue weighted by Crippen LogP contribution is 2.43. The van der Waals surface area contributed by atoms with Gasteiger partial charge in [0.15, 0.2) is 5.65 Å². The number of carbonyl (C=O) groups excluding carboxylic acids is 2. The first-order valence-corrected chi connectivity index (χ1v) is 12.6. The first-order chi connectivity index (χ1) is 19.9. The van der Waals surface area contributed by atoms with Crippen LogP contribution in [0.15, 0.2) is 42.6 Å². The van der Waals surface area contributed by atoms with Crippen molar-refractivity contribution in [3.05, 3.63) is 76.4 Å². The summed E-state index contributed by atoms with van der Waals surface area (Å²) in [6.45, 7) is 3.45. The molecule has 2 heterocycles. The van der Waals surface area contributed by atoms with E-state index in [1.807, 2.05) is 0 Å². The number of aromatic nitrogens is 3. The number of pyridine rings is 1. The molecule has 0 saturated heterocycles. The van der Waals surface area contributed by atoms with Crippen LogP contribution >= 0.6 is 0 Å². The van der Waals surface area contributed by atoms with E-state index in [9.17, 15) is 40.3 Å². The molecule has 2 aromatic carbocycles. The van der Waals surface area contributed by atoms with Gasteiger partial charge in [0.25, 0.3) is 0 Å². The van der Waals surface area contributed by atoms with Crippen molar-refractivity contribution in [2.75, 3.05) is 25.7 Å². The van der Waals surface area contributed by atoms with Gasteiger partial charge in [-0.1, -0.05) is 6.07 Å². The SMILES string of the molecule is COCC(=O)c1nc2[nH]ncc2c(-c2ccc(F)cc2C)c1N(C)C(=O)C(C)(C)c1cc(C(F)(F)F)cc(C(F)(F)F)c1. The number of amides is 1. The minimum Gasteiger partial charge on any atom is -0.376 e. The highest BCUT2D eigenvalue weighted by Gasteiger charge is 2.42. The summed E-state index contributed by atoms with van der Waals surface area (Å²) in [4.78, 5) is 32.6. The van der Waals surface area contributed by atoms with E-state index in [2.05, 4.69) is 15.2 Å². The number of nitrogens with zero attached hydrogens (tertiary/aromatic N) is 3. The number of Topliss-reactive ketones (excluding diaryl/α,β-unsaturated/α-hetero) is 1. The fourth-order valence-corrected chi connectivity index (χ4v) is 4.82. The Morgan fingerprint density at radius 1 is 0.953 bits per heavy atom. The Bertz CT molecular complexity index is 1690. The van der Waals surface area contributed by atoms with Gasteiger partial charge in [-0.05, 0) is 67.8 Å². The van der Waals surface area contributed by atoms with Crippen LogP contribution in [-0.4, -0.2) is 47.6 Å². The van der Waals surface area contributed by atoms with E-state index in [4.69, 9.17) is 4.74 Å². The van der Waals surface area contributed by atoms with Crippen molar-refractivity contribution in [3.8, 4) is 11.1 Å². The number of ether oxygens (including phenoxy) is 1. The average molecular weight is 611 g/mol. The quantitative estimate of drug-likeness (QED) is 0.182. The smallest absolute Gasteiger partial charge is 0.376 e. The maximum absolute atomic E-state index is 14.1. The van der Waals surface area contributed by atoms with Gasteiger partial charge in [0.1, 0.15) is 18.1 Å². The number of benzene rings is 2. The standard InChI is InChI=1S/C29H25F7N4O3/c1-14-8-18(30)6-7-19(14)22-20-12-37-39-25(20)38-23(21(41)13-43-5)24(22)40(4)26(42)27(2,3)15-9-16(28(31,32)33)11-17(10-15)29(34,35)36/h6-12H,13H2,1-5H3,(H,37,38,39). The number of aryl methyl sites for hydroxylation is 1. The number of hydrogen-bond donors (Lipinski definition) is 1. The molecule has 0 aliphatic rings. The van der Waals surface area contributed by atoms with Crippen LogP contribution in [0, 0.1) is 12.7 Å². The number of halogens is 7. The molecule has 7 nitrogen and oxygen atoms in total. The lowest BCUT2D eigenvalue weighted by Crippen LogP contribution is -2.43. The summed E-state index contributed by atoms with van der Waals surface area (Å²) in [5, 5.41) is 6.93. The summed E-state index contributed by atoms with van der Waals surface area (Å²) >= 11 is 0. The average Bonchev–Trinajstić information content (AvgIpc) is 3.39. The number of ketones is 1. The number of nitrogens with one attached hydrogen (secondary N) is 1. The first kappa shape index (κ1) is 31.6. The Morgan fingerprint density at radius 2 is 1.53 bits per heavy atom. The van der Waals surface area contributed by atoms with E-state index < -0.39 is 58.6 Å². The van der Waals surface area contributed by atoms with Crippen molar-refractivity contribution < 1.29 is 45.1 Å². The van der Waals surface area contributed by atoms with E-state index in [0.717, 1.165) is 11.0 Å². The highest BCUT2D eigenvalue weighted by molar-refractivity contribution is 6.15. The molecule has 2 aromatic heterocycles. The maximum Gasteiger partial charge on any atom is 0.416 e. The molecule has 228 valence electrons. The van der Waals surface area contributed by atoms with Gasteiger partial charge in [0.2, 0.25) is 11.7 Å². The van der Waals surface area contributed by atoms with Crippen LogP contribution in [0.2, 0.25) is 0 Å². The third kappa shape index (κ3) is 5.96. The lowest BCUT2D eigenvalue weighted by atomic mass is 9.81. The van der Waals surface area contributed by atoms with Gasteiger partial charge in [-0.15, -0.1) is 0 Å². The predicted molar refractivity (Wildman–Crippen MR) is 143 cm³/mol. The number of anilines is 1. The van der Waals surface area contributed by atoms with Crippen LogP contribution in [0.1, 0.15) is 46.6 Å². The zero-order valence-corrected chi connectivity index (χ0v) is 23.5. The number of hydrogen-bond acceptors (Lipinski definition) is 5. The molecule has 0 aliphatic heterocycles. The largest absolute Gasteiger partial charge is 0.416 e.